The summed E-state index contributed by atoms with van der Waals surface area (Å²) in [6.07, 6.45) is 1.39. The smallest absolute Gasteiger partial charge is 0.255 e. The summed E-state index contributed by atoms with van der Waals surface area (Å²) in [6, 6.07) is 12.4. The van der Waals surface area contributed by atoms with Gasteiger partial charge in [-0.05, 0) is 37.3 Å². The van der Waals surface area contributed by atoms with Crippen LogP contribution < -0.4 is 20.1 Å². The molecule has 3 aromatic rings. The van der Waals surface area contributed by atoms with Crippen molar-refractivity contribution in [2.75, 3.05) is 19.0 Å². The SMILES string of the molecule is COc1ccccc1Oc1ccc(NC(=O)CNC(=O)c2ccoc2C)cc1F. The fourth-order valence-electron chi connectivity index (χ4n) is 2.56. The number of ether oxygens (including phenoxy) is 2. The number of hydrogen-bond donors (Lipinski definition) is 2. The molecule has 3 rings (SSSR count). The highest BCUT2D eigenvalue weighted by molar-refractivity contribution is 5.99. The van der Waals surface area contributed by atoms with E-state index in [1.165, 1.54) is 31.6 Å². The van der Waals surface area contributed by atoms with Crippen molar-refractivity contribution in [2.24, 2.45) is 0 Å². The second kappa shape index (κ2) is 8.92. The van der Waals surface area contributed by atoms with Crippen molar-refractivity contribution in [1.82, 2.24) is 5.32 Å². The number of rotatable bonds is 7. The molecule has 0 saturated carbocycles. The van der Waals surface area contributed by atoms with E-state index in [1.54, 1.807) is 31.2 Å². The first kappa shape index (κ1) is 19.9. The monoisotopic (exact) mass is 398 g/mol. The number of aryl methyl sites for hydroxylation is 1. The highest BCUT2D eigenvalue weighted by atomic mass is 19.1. The Bertz CT molecular complexity index is 1030. The van der Waals surface area contributed by atoms with Crippen molar-refractivity contribution in [3.63, 3.8) is 0 Å². The minimum Gasteiger partial charge on any atom is -0.493 e. The molecule has 2 aromatic carbocycles. The molecule has 0 aliphatic heterocycles. The van der Waals surface area contributed by atoms with Gasteiger partial charge < -0.3 is 24.5 Å². The summed E-state index contributed by atoms with van der Waals surface area (Å²) in [4.78, 5) is 24.0. The van der Waals surface area contributed by atoms with Gasteiger partial charge in [-0.2, -0.15) is 0 Å². The van der Waals surface area contributed by atoms with Crippen LogP contribution in [0.25, 0.3) is 0 Å². The van der Waals surface area contributed by atoms with Crippen LogP contribution in [0.3, 0.4) is 0 Å². The molecule has 0 atom stereocenters. The fourth-order valence-corrected chi connectivity index (χ4v) is 2.56. The summed E-state index contributed by atoms with van der Waals surface area (Å²) in [5, 5.41) is 4.99. The first-order valence-corrected chi connectivity index (χ1v) is 8.70. The lowest BCUT2D eigenvalue weighted by atomic mass is 10.2. The van der Waals surface area contributed by atoms with Gasteiger partial charge in [0.15, 0.2) is 23.1 Å². The molecular formula is C21H19FN2O5. The Kier molecular flexibility index (Phi) is 6.13. The van der Waals surface area contributed by atoms with Crippen LogP contribution in [0, 0.1) is 12.7 Å². The van der Waals surface area contributed by atoms with Gasteiger partial charge in [0.05, 0.1) is 25.5 Å². The molecule has 0 aliphatic rings. The summed E-state index contributed by atoms with van der Waals surface area (Å²) in [7, 11) is 1.49. The number of anilines is 1. The van der Waals surface area contributed by atoms with Gasteiger partial charge in [0, 0.05) is 11.8 Å². The molecule has 0 radical (unpaired) electrons. The number of furan rings is 1. The Morgan fingerprint density at radius 2 is 1.83 bits per heavy atom. The van der Waals surface area contributed by atoms with E-state index in [4.69, 9.17) is 13.9 Å². The van der Waals surface area contributed by atoms with E-state index < -0.39 is 17.6 Å². The predicted octanol–water partition coefficient (Wildman–Crippen LogP) is 3.90. The average molecular weight is 398 g/mol. The van der Waals surface area contributed by atoms with E-state index in [1.807, 2.05) is 0 Å². The lowest BCUT2D eigenvalue weighted by Crippen LogP contribution is -2.32. The minimum atomic E-state index is -0.660. The number of carbonyl (C=O) groups is 2. The first-order valence-electron chi connectivity index (χ1n) is 8.70. The summed E-state index contributed by atoms with van der Waals surface area (Å²) >= 11 is 0. The molecule has 2 amide bonds. The molecule has 1 aromatic heterocycles. The number of hydrogen-bond acceptors (Lipinski definition) is 5. The second-order valence-electron chi connectivity index (χ2n) is 6.02. The summed E-state index contributed by atoms with van der Waals surface area (Å²) in [5.74, 6) is -0.329. The standard InChI is InChI=1S/C21H19FN2O5/c1-13-15(9-10-28-13)21(26)23-12-20(25)24-14-7-8-17(16(22)11-14)29-19-6-4-3-5-18(19)27-2/h3-11H,12H2,1-2H3,(H,23,26)(H,24,25). The van der Waals surface area contributed by atoms with E-state index in [0.29, 0.717) is 22.8 Å². The van der Waals surface area contributed by atoms with E-state index in [0.717, 1.165) is 6.07 Å². The van der Waals surface area contributed by atoms with Crippen LogP contribution in [0.1, 0.15) is 16.1 Å². The van der Waals surface area contributed by atoms with Crippen molar-refractivity contribution < 1.29 is 27.9 Å². The van der Waals surface area contributed by atoms with Gasteiger partial charge in [0.25, 0.3) is 5.91 Å². The van der Waals surface area contributed by atoms with Crippen molar-refractivity contribution >= 4 is 17.5 Å². The van der Waals surface area contributed by atoms with Crippen LogP contribution in [-0.4, -0.2) is 25.5 Å². The van der Waals surface area contributed by atoms with Crippen molar-refractivity contribution in [3.8, 4) is 17.2 Å². The van der Waals surface area contributed by atoms with Crippen LogP contribution in [0.15, 0.2) is 59.2 Å². The first-order chi connectivity index (χ1) is 14.0. The predicted molar refractivity (Wildman–Crippen MR) is 104 cm³/mol. The molecule has 0 bridgehead atoms. The second-order valence-corrected chi connectivity index (χ2v) is 6.02. The number of amides is 2. The third-order valence-corrected chi connectivity index (χ3v) is 4.02. The van der Waals surface area contributed by atoms with Gasteiger partial charge >= 0.3 is 0 Å². The maximum Gasteiger partial charge on any atom is 0.255 e. The van der Waals surface area contributed by atoms with E-state index >= 15 is 0 Å². The topological polar surface area (TPSA) is 89.8 Å². The van der Waals surface area contributed by atoms with Gasteiger partial charge in [0.2, 0.25) is 5.91 Å². The Balaban J connectivity index is 1.59. The zero-order chi connectivity index (χ0) is 20.8. The molecule has 0 saturated heterocycles. The largest absolute Gasteiger partial charge is 0.493 e. The van der Waals surface area contributed by atoms with Crippen LogP contribution in [0.5, 0.6) is 17.2 Å². The third kappa shape index (κ3) is 4.92. The highest BCUT2D eigenvalue weighted by Crippen LogP contribution is 2.33. The quantitative estimate of drug-likeness (QED) is 0.630. The minimum absolute atomic E-state index is 0.0174. The molecule has 1 heterocycles. The van der Waals surface area contributed by atoms with Gasteiger partial charge in [-0.3, -0.25) is 9.59 Å². The Hall–Kier alpha value is -3.81. The van der Waals surface area contributed by atoms with Crippen molar-refractivity contribution in [3.05, 3.63) is 71.9 Å². The third-order valence-electron chi connectivity index (χ3n) is 4.02. The summed E-state index contributed by atoms with van der Waals surface area (Å²) in [5.41, 5.74) is 0.579. The number of carbonyl (C=O) groups excluding carboxylic acids is 2. The zero-order valence-corrected chi connectivity index (χ0v) is 15.8. The van der Waals surface area contributed by atoms with Gasteiger partial charge in [-0.25, -0.2) is 4.39 Å². The van der Waals surface area contributed by atoms with Crippen LogP contribution in [0.4, 0.5) is 10.1 Å². The van der Waals surface area contributed by atoms with Gasteiger partial charge in [0.1, 0.15) is 5.76 Å². The molecule has 0 spiro atoms. The summed E-state index contributed by atoms with van der Waals surface area (Å²) < 4.78 is 30.1. The van der Waals surface area contributed by atoms with E-state index in [9.17, 15) is 14.0 Å². The molecule has 150 valence electrons. The molecule has 0 aliphatic carbocycles. The molecular weight excluding hydrogens is 379 g/mol. The number of halogens is 1. The Morgan fingerprint density at radius 3 is 2.48 bits per heavy atom. The number of nitrogens with one attached hydrogen (secondary N) is 2. The molecule has 0 fully saturated rings. The molecule has 0 unspecified atom stereocenters. The average Bonchev–Trinajstić information content (AvgIpc) is 3.14. The fraction of sp³-hybridized carbons (Fsp3) is 0.143. The molecule has 8 heteroatoms. The van der Waals surface area contributed by atoms with E-state index in [2.05, 4.69) is 10.6 Å². The highest BCUT2D eigenvalue weighted by Gasteiger charge is 2.14. The summed E-state index contributed by atoms with van der Waals surface area (Å²) in [6.45, 7) is 1.37. The van der Waals surface area contributed by atoms with Crippen molar-refractivity contribution in [2.45, 2.75) is 6.92 Å². The van der Waals surface area contributed by atoms with Gasteiger partial charge in [-0.1, -0.05) is 12.1 Å². The lowest BCUT2D eigenvalue weighted by Gasteiger charge is -2.12. The van der Waals surface area contributed by atoms with Crippen LogP contribution in [0.2, 0.25) is 0 Å². The number of methoxy groups -OCH3 is 1. The maximum absolute atomic E-state index is 14.4. The lowest BCUT2D eigenvalue weighted by molar-refractivity contribution is -0.115. The van der Waals surface area contributed by atoms with E-state index in [-0.39, 0.29) is 18.0 Å². The zero-order valence-electron chi connectivity index (χ0n) is 15.8. The maximum atomic E-state index is 14.4. The molecule has 7 nitrogen and oxygen atoms in total. The number of para-hydroxylation sites is 2. The van der Waals surface area contributed by atoms with Crippen molar-refractivity contribution in [1.29, 1.82) is 0 Å². The normalized spacial score (nSPS) is 10.3. The molecule has 2 N–H and O–H groups in total. The Labute approximate surface area is 166 Å². The molecule has 29 heavy (non-hydrogen) atoms. The van der Waals surface area contributed by atoms with Crippen LogP contribution >= 0.6 is 0 Å². The Morgan fingerprint density at radius 1 is 1.07 bits per heavy atom. The van der Waals surface area contributed by atoms with Crippen LogP contribution in [-0.2, 0) is 4.79 Å². The van der Waals surface area contributed by atoms with Gasteiger partial charge in [-0.15, -0.1) is 0 Å². The number of benzene rings is 2.